The maximum atomic E-state index is 7.55. The molecule has 3 N–H and O–H groups in total. The Kier molecular flexibility index (Phi) is 4.20. The molecule has 0 saturated heterocycles. The fraction of sp³-hybridized carbons (Fsp3) is 0.0667. The van der Waals surface area contributed by atoms with Crippen molar-refractivity contribution >= 4 is 17.4 Å². The first kappa shape index (κ1) is 15.0. The van der Waals surface area contributed by atoms with E-state index in [1.165, 1.54) is 11.0 Å². The maximum Gasteiger partial charge on any atom is 0.145 e. The van der Waals surface area contributed by atoms with Crippen LogP contribution in [0.15, 0.2) is 48.8 Å². The molecule has 0 aliphatic rings. The first-order valence-electron chi connectivity index (χ1n) is 6.72. The lowest BCUT2D eigenvalue weighted by atomic mass is 10.1. The number of nitrogen functional groups attached to an aromatic ring is 1. The third-order valence-corrected chi connectivity index (χ3v) is 3.43. The Bertz CT molecular complexity index is 816. The van der Waals surface area contributed by atoms with Gasteiger partial charge in [-0.05, 0) is 46.3 Å². The number of aromatic nitrogens is 4. The molecule has 0 aliphatic carbocycles. The van der Waals surface area contributed by atoms with Gasteiger partial charge in [0.2, 0.25) is 0 Å². The molecule has 23 heavy (non-hydrogen) atoms. The Labute approximate surface area is 137 Å². The van der Waals surface area contributed by atoms with Crippen LogP contribution >= 0.6 is 11.6 Å². The van der Waals surface area contributed by atoms with E-state index in [0.717, 1.165) is 5.56 Å². The van der Waals surface area contributed by atoms with Crippen molar-refractivity contribution in [2.75, 3.05) is 0 Å². The zero-order chi connectivity index (χ0) is 16.2. The van der Waals surface area contributed by atoms with Crippen LogP contribution in [-0.2, 0) is 6.61 Å². The van der Waals surface area contributed by atoms with E-state index in [9.17, 15) is 0 Å². The summed E-state index contributed by atoms with van der Waals surface area (Å²) >= 11 is 5.87. The Hall–Kier alpha value is -2.93. The van der Waals surface area contributed by atoms with Gasteiger partial charge >= 0.3 is 0 Å². The molecule has 0 unspecified atom stereocenters. The molecule has 8 heteroatoms. The Morgan fingerprint density at radius 2 is 2.00 bits per heavy atom. The lowest BCUT2D eigenvalue weighted by Crippen LogP contribution is -2.12. The van der Waals surface area contributed by atoms with Crippen molar-refractivity contribution in [3.05, 3.63) is 64.9 Å². The van der Waals surface area contributed by atoms with Crippen LogP contribution in [0.5, 0.6) is 5.75 Å². The summed E-state index contributed by atoms with van der Waals surface area (Å²) in [5.41, 5.74) is 7.69. The van der Waals surface area contributed by atoms with E-state index >= 15 is 0 Å². The minimum absolute atomic E-state index is 0.0384. The molecule has 0 atom stereocenters. The highest BCUT2D eigenvalue weighted by Gasteiger charge is 2.10. The molecule has 1 heterocycles. The molecule has 3 aromatic rings. The molecule has 7 nitrogen and oxygen atoms in total. The summed E-state index contributed by atoms with van der Waals surface area (Å²) in [6, 6.07) is 12.6. The summed E-state index contributed by atoms with van der Waals surface area (Å²) in [6.07, 6.45) is 1.45. The van der Waals surface area contributed by atoms with Crippen LogP contribution in [0, 0.1) is 5.41 Å². The zero-order valence-corrected chi connectivity index (χ0v) is 12.7. The van der Waals surface area contributed by atoms with Crippen LogP contribution in [-0.4, -0.2) is 26.0 Å². The largest absolute Gasteiger partial charge is 0.487 e. The summed E-state index contributed by atoms with van der Waals surface area (Å²) < 4.78 is 7.31. The van der Waals surface area contributed by atoms with E-state index in [1.54, 1.807) is 30.3 Å². The van der Waals surface area contributed by atoms with Gasteiger partial charge in [-0.1, -0.05) is 23.7 Å². The molecule has 0 saturated carbocycles. The summed E-state index contributed by atoms with van der Waals surface area (Å²) in [5.74, 6) is 0.542. The van der Waals surface area contributed by atoms with Crippen LogP contribution < -0.4 is 10.5 Å². The van der Waals surface area contributed by atoms with Crippen LogP contribution in [0.25, 0.3) is 5.69 Å². The molecule has 0 bridgehead atoms. The van der Waals surface area contributed by atoms with Crippen molar-refractivity contribution in [2.45, 2.75) is 6.61 Å². The maximum absolute atomic E-state index is 7.55. The lowest BCUT2D eigenvalue weighted by molar-refractivity contribution is 0.304. The molecule has 0 radical (unpaired) electrons. The minimum atomic E-state index is -0.0384. The Morgan fingerprint density at radius 3 is 2.65 bits per heavy atom. The molecular weight excluding hydrogens is 316 g/mol. The van der Waals surface area contributed by atoms with Gasteiger partial charge in [0, 0.05) is 10.6 Å². The number of tetrazole rings is 1. The molecule has 0 amide bonds. The summed E-state index contributed by atoms with van der Waals surface area (Å²) in [7, 11) is 0. The van der Waals surface area contributed by atoms with Gasteiger partial charge in [-0.2, -0.15) is 4.68 Å². The third kappa shape index (κ3) is 3.46. The second-order valence-electron chi connectivity index (χ2n) is 4.77. The average Bonchev–Trinajstić information content (AvgIpc) is 3.08. The number of nitrogens with one attached hydrogen (secondary N) is 1. The van der Waals surface area contributed by atoms with Crippen LogP contribution in [0.2, 0.25) is 5.02 Å². The SMILES string of the molecule is N=C(N)c1ccc(OCc2ccc(Cl)cc2)c(-n2cnnn2)c1. The smallest absolute Gasteiger partial charge is 0.145 e. The second kappa shape index (κ2) is 6.45. The monoisotopic (exact) mass is 328 g/mol. The van der Waals surface area contributed by atoms with Gasteiger partial charge < -0.3 is 10.5 Å². The van der Waals surface area contributed by atoms with Crippen LogP contribution in [0.3, 0.4) is 0 Å². The van der Waals surface area contributed by atoms with Crippen molar-refractivity contribution in [3.8, 4) is 11.4 Å². The number of nitrogens with two attached hydrogens (primary N) is 1. The topological polar surface area (TPSA) is 103 Å². The predicted molar refractivity (Wildman–Crippen MR) is 86.0 cm³/mol. The highest BCUT2D eigenvalue weighted by Crippen LogP contribution is 2.24. The molecule has 3 rings (SSSR count). The number of rotatable bonds is 5. The van der Waals surface area contributed by atoms with E-state index in [-0.39, 0.29) is 5.84 Å². The van der Waals surface area contributed by atoms with Crippen molar-refractivity contribution in [1.82, 2.24) is 20.2 Å². The summed E-state index contributed by atoms with van der Waals surface area (Å²) in [6.45, 7) is 0.367. The Balaban J connectivity index is 1.88. The number of halogens is 1. The van der Waals surface area contributed by atoms with Crippen LogP contribution in [0.4, 0.5) is 0 Å². The second-order valence-corrected chi connectivity index (χ2v) is 5.20. The molecular formula is C15H13ClN6O. The van der Waals surface area contributed by atoms with E-state index < -0.39 is 0 Å². The number of hydrogen-bond acceptors (Lipinski definition) is 5. The quantitative estimate of drug-likeness (QED) is 0.552. The minimum Gasteiger partial charge on any atom is -0.487 e. The number of nitrogens with zero attached hydrogens (tertiary/aromatic N) is 4. The fourth-order valence-corrected chi connectivity index (χ4v) is 2.13. The number of hydrogen-bond donors (Lipinski definition) is 2. The van der Waals surface area contributed by atoms with E-state index in [2.05, 4.69) is 15.5 Å². The molecule has 0 aliphatic heterocycles. The average molecular weight is 329 g/mol. The molecule has 1 aromatic heterocycles. The van der Waals surface area contributed by atoms with E-state index in [4.69, 9.17) is 27.5 Å². The van der Waals surface area contributed by atoms with E-state index in [1.807, 2.05) is 12.1 Å². The van der Waals surface area contributed by atoms with Gasteiger partial charge in [-0.25, -0.2) is 0 Å². The first-order valence-corrected chi connectivity index (χ1v) is 7.10. The van der Waals surface area contributed by atoms with Gasteiger partial charge in [0.05, 0.1) is 0 Å². The number of ether oxygens (including phenoxy) is 1. The van der Waals surface area contributed by atoms with Gasteiger partial charge in [-0.15, -0.1) is 5.10 Å². The summed E-state index contributed by atoms with van der Waals surface area (Å²) in [4.78, 5) is 0. The third-order valence-electron chi connectivity index (χ3n) is 3.17. The van der Waals surface area contributed by atoms with Gasteiger partial charge in [0.15, 0.2) is 0 Å². The molecule has 0 fully saturated rings. The first-order chi connectivity index (χ1) is 11.1. The van der Waals surface area contributed by atoms with Crippen LogP contribution in [0.1, 0.15) is 11.1 Å². The lowest BCUT2D eigenvalue weighted by Gasteiger charge is -2.12. The molecule has 116 valence electrons. The highest BCUT2D eigenvalue weighted by molar-refractivity contribution is 6.30. The standard InChI is InChI=1S/C15H13ClN6O/c16-12-4-1-10(2-5-12)8-23-14-6-3-11(15(17)18)7-13(14)22-9-19-20-21-22/h1-7,9H,8H2,(H3,17,18). The van der Waals surface area contributed by atoms with Crippen molar-refractivity contribution in [1.29, 1.82) is 5.41 Å². The van der Waals surface area contributed by atoms with Gasteiger partial charge in [0.1, 0.15) is 30.2 Å². The highest BCUT2D eigenvalue weighted by atomic mass is 35.5. The summed E-state index contributed by atoms with van der Waals surface area (Å²) in [5, 5.41) is 19.3. The van der Waals surface area contributed by atoms with Gasteiger partial charge in [0.25, 0.3) is 0 Å². The van der Waals surface area contributed by atoms with Crippen molar-refractivity contribution < 1.29 is 4.74 Å². The number of benzene rings is 2. The molecule has 0 spiro atoms. The van der Waals surface area contributed by atoms with Gasteiger partial charge in [-0.3, -0.25) is 5.41 Å². The fourth-order valence-electron chi connectivity index (χ4n) is 2.00. The number of amidine groups is 1. The Morgan fingerprint density at radius 1 is 1.22 bits per heavy atom. The van der Waals surface area contributed by atoms with Crippen molar-refractivity contribution in [3.63, 3.8) is 0 Å². The van der Waals surface area contributed by atoms with Crippen molar-refractivity contribution in [2.24, 2.45) is 5.73 Å². The zero-order valence-electron chi connectivity index (χ0n) is 12.0. The molecule has 2 aromatic carbocycles. The normalized spacial score (nSPS) is 10.5. The van der Waals surface area contributed by atoms with E-state index in [0.29, 0.717) is 28.6 Å². The predicted octanol–water partition coefficient (Wildman–Crippen LogP) is 2.18.